The number of anilines is 4. The molecule has 1 aliphatic rings. The minimum Gasteiger partial charge on any atom is -0.368 e. The third-order valence-electron chi connectivity index (χ3n) is 8.84. The third kappa shape index (κ3) is 7.71. The molecule has 11 nitrogen and oxygen atoms in total. The minimum atomic E-state index is -4.09. The fraction of sp³-hybridized carbons (Fsp3) is 0.132. The second kappa shape index (κ2) is 15.0. The van der Waals surface area contributed by atoms with Gasteiger partial charge in [-0.25, -0.2) is 8.42 Å². The van der Waals surface area contributed by atoms with E-state index in [0.29, 0.717) is 10.7 Å². The van der Waals surface area contributed by atoms with Crippen LogP contribution in [0.4, 0.5) is 28.4 Å². The molecule has 14 heteroatoms. The maximum atomic E-state index is 13.3. The van der Waals surface area contributed by atoms with E-state index in [1.807, 2.05) is 84.7 Å². The summed E-state index contributed by atoms with van der Waals surface area (Å²) in [4.78, 5) is 16.5. The molecule has 1 saturated heterocycles. The zero-order valence-electron chi connectivity index (χ0n) is 28.0. The Balaban J connectivity index is 0.986. The van der Waals surface area contributed by atoms with Crippen LogP contribution < -0.4 is 19.2 Å². The Morgan fingerprint density at radius 1 is 0.788 bits per heavy atom. The Labute approximate surface area is 311 Å². The van der Waals surface area contributed by atoms with E-state index in [2.05, 4.69) is 48.6 Å². The van der Waals surface area contributed by atoms with Gasteiger partial charge >= 0.3 is 0 Å². The van der Waals surface area contributed by atoms with Gasteiger partial charge in [0.05, 0.1) is 21.7 Å². The monoisotopic (exact) mass is 751 g/mol. The van der Waals surface area contributed by atoms with Crippen LogP contribution in [0.3, 0.4) is 0 Å². The molecule has 5 aromatic carbocycles. The molecule has 1 fully saturated rings. The minimum absolute atomic E-state index is 0.201. The number of aryl methyl sites for hydroxylation is 1. The molecule has 7 rings (SSSR count). The topological polar surface area (TPSA) is 126 Å². The molecule has 0 saturated carbocycles. The second-order valence-electron chi connectivity index (χ2n) is 12.2. The molecular weight excluding hydrogens is 718 g/mol. The number of hydrogen-bond acceptors (Lipinski definition) is 9. The normalized spacial score (nSPS) is 13.2. The number of halogens is 1. The summed E-state index contributed by atoms with van der Waals surface area (Å²) in [6.45, 7) is 3.18. The van der Waals surface area contributed by atoms with Crippen LogP contribution >= 0.6 is 23.5 Å². The van der Waals surface area contributed by atoms with E-state index in [4.69, 9.17) is 11.6 Å². The molecule has 52 heavy (non-hydrogen) atoms. The summed E-state index contributed by atoms with van der Waals surface area (Å²) in [6, 6.07) is 36.6. The smallest absolute Gasteiger partial charge is 0.294 e. The summed E-state index contributed by atoms with van der Waals surface area (Å²) in [7, 11) is -2.15. The number of sulfonamides is 1. The van der Waals surface area contributed by atoms with E-state index in [1.54, 1.807) is 12.1 Å². The van der Waals surface area contributed by atoms with Crippen molar-refractivity contribution in [2.24, 2.45) is 7.05 Å². The van der Waals surface area contributed by atoms with Crippen molar-refractivity contribution in [3.63, 3.8) is 0 Å². The summed E-state index contributed by atoms with van der Waals surface area (Å²) in [5.41, 5.74) is 6.52. The molecule has 0 aliphatic carbocycles. The van der Waals surface area contributed by atoms with Gasteiger partial charge in [0.15, 0.2) is 0 Å². The van der Waals surface area contributed by atoms with E-state index in [-0.39, 0.29) is 16.3 Å². The van der Waals surface area contributed by atoms with Gasteiger partial charge in [-0.05, 0) is 90.3 Å². The number of benzene rings is 5. The standard InChI is InChI=1S/C38H34ClN7O4S2/c1-43-38(27-10-12-29(39)13-11-27)35(26-40-43)28-6-5-7-32(24-28)45-22-20-44(21-23-45)31-16-14-30(15-17-31)42-52(49,50)34-18-19-36(37(25-34)46(47)48)41-51-33-8-3-2-4-9-33/h2-19,24-26,41-42H,20-23H2,1H3. The van der Waals surface area contributed by atoms with Gasteiger partial charge in [0.25, 0.3) is 15.7 Å². The van der Waals surface area contributed by atoms with Crippen molar-refractivity contribution in [3.05, 3.63) is 143 Å². The average Bonchev–Trinajstić information content (AvgIpc) is 3.56. The van der Waals surface area contributed by atoms with Crippen molar-refractivity contribution in [1.82, 2.24) is 9.78 Å². The lowest BCUT2D eigenvalue weighted by molar-refractivity contribution is -0.384. The second-order valence-corrected chi connectivity index (χ2v) is 15.2. The maximum Gasteiger partial charge on any atom is 0.294 e. The summed E-state index contributed by atoms with van der Waals surface area (Å²) in [5.74, 6) is 0. The summed E-state index contributed by atoms with van der Waals surface area (Å²) < 4.78 is 33.9. The van der Waals surface area contributed by atoms with Gasteiger partial charge in [-0.2, -0.15) is 5.10 Å². The number of piperazine rings is 1. The number of hydrogen-bond donors (Lipinski definition) is 2. The Hall–Kier alpha value is -5.50. The lowest BCUT2D eigenvalue weighted by Gasteiger charge is -2.37. The lowest BCUT2D eigenvalue weighted by Crippen LogP contribution is -2.46. The number of nitro benzene ring substituents is 1. The van der Waals surface area contributed by atoms with E-state index in [1.165, 1.54) is 24.1 Å². The predicted molar refractivity (Wildman–Crippen MR) is 210 cm³/mol. The van der Waals surface area contributed by atoms with Gasteiger partial charge in [-0.1, -0.05) is 54.1 Å². The number of nitrogens with one attached hydrogen (secondary N) is 2. The highest BCUT2D eigenvalue weighted by molar-refractivity contribution is 8.00. The SMILES string of the molecule is Cn1ncc(-c2cccc(N3CCN(c4ccc(NS(=O)(=O)c5ccc(NSc6ccccc6)c([N+](=O)[O-])c5)cc4)CC3)c2)c1-c1ccc(Cl)cc1. The highest BCUT2D eigenvalue weighted by atomic mass is 35.5. The van der Waals surface area contributed by atoms with Crippen LogP contribution in [0.25, 0.3) is 22.4 Å². The first-order chi connectivity index (χ1) is 25.1. The van der Waals surface area contributed by atoms with Crippen molar-refractivity contribution in [1.29, 1.82) is 0 Å². The van der Waals surface area contributed by atoms with Crippen molar-refractivity contribution >= 4 is 62.0 Å². The Morgan fingerprint density at radius 3 is 2.17 bits per heavy atom. The molecule has 1 aromatic heterocycles. The van der Waals surface area contributed by atoms with Gasteiger partial charge in [-0.3, -0.25) is 19.5 Å². The molecule has 0 unspecified atom stereocenters. The molecule has 0 radical (unpaired) electrons. The molecule has 0 spiro atoms. The molecule has 2 heterocycles. The van der Waals surface area contributed by atoms with Gasteiger partial charge < -0.3 is 14.5 Å². The van der Waals surface area contributed by atoms with Crippen molar-refractivity contribution in [2.45, 2.75) is 9.79 Å². The number of nitro groups is 1. The van der Waals surface area contributed by atoms with Crippen molar-refractivity contribution in [2.75, 3.05) is 45.4 Å². The number of nitrogens with zero attached hydrogens (tertiary/aromatic N) is 5. The largest absolute Gasteiger partial charge is 0.368 e. The quantitative estimate of drug-likeness (QED) is 0.0761. The molecule has 0 atom stereocenters. The highest BCUT2D eigenvalue weighted by Crippen LogP contribution is 2.35. The van der Waals surface area contributed by atoms with Crippen LogP contribution in [0.15, 0.2) is 137 Å². The maximum absolute atomic E-state index is 13.3. The zero-order chi connectivity index (χ0) is 36.2. The molecule has 6 aromatic rings. The van der Waals surface area contributed by atoms with Gasteiger partial charge in [0.2, 0.25) is 0 Å². The van der Waals surface area contributed by atoms with E-state index in [0.717, 1.165) is 70.9 Å². The van der Waals surface area contributed by atoms with E-state index in [9.17, 15) is 18.5 Å². The van der Waals surface area contributed by atoms with Crippen LogP contribution in [-0.2, 0) is 17.1 Å². The fourth-order valence-corrected chi connectivity index (χ4v) is 8.06. The number of aromatic nitrogens is 2. The first-order valence-corrected chi connectivity index (χ1v) is 19.1. The molecule has 0 amide bonds. The molecule has 1 aliphatic heterocycles. The van der Waals surface area contributed by atoms with Crippen molar-refractivity contribution in [3.8, 4) is 22.4 Å². The van der Waals surface area contributed by atoms with E-state index >= 15 is 0 Å². The molecular formula is C38H34ClN7O4S2. The van der Waals surface area contributed by atoms with Crippen LogP contribution in [0.5, 0.6) is 0 Å². The first-order valence-electron chi connectivity index (χ1n) is 16.4. The Bertz CT molecular complexity index is 2310. The Morgan fingerprint density at radius 2 is 1.48 bits per heavy atom. The zero-order valence-corrected chi connectivity index (χ0v) is 30.4. The van der Waals surface area contributed by atoms with Gasteiger partial charge in [-0.15, -0.1) is 0 Å². The highest BCUT2D eigenvalue weighted by Gasteiger charge is 2.23. The van der Waals surface area contributed by atoms with Crippen LogP contribution in [0, 0.1) is 10.1 Å². The van der Waals surface area contributed by atoms with Crippen LogP contribution in [0.1, 0.15) is 0 Å². The van der Waals surface area contributed by atoms with Crippen LogP contribution in [-0.4, -0.2) is 49.3 Å². The summed E-state index contributed by atoms with van der Waals surface area (Å²) in [6.07, 6.45) is 1.90. The number of rotatable bonds is 11. The van der Waals surface area contributed by atoms with E-state index < -0.39 is 14.9 Å². The fourth-order valence-electron chi connectivity index (χ4n) is 6.16. The van der Waals surface area contributed by atoms with Gasteiger partial charge in [0, 0.05) is 77.4 Å². The predicted octanol–water partition coefficient (Wildman–Crippen LogP) is 8.56. The van der Waals surface area contributed by atoms with Crippen molar-refractivity contribution < 1.29 is 13.3 Å². The third-order valence-corrected chi connectivity index (χ3v) is 11.3. The summed E-state index contributed by atoms with van der Waals surface area (Å²) in [5, 5.41) is 17.1. The molecule has 264 valence electrons. The van der Waals surface area contributed by atoms with Crippen LogP contribution in [0.2, 0.25) is 5.02 Å². The summed E-state index contributed by atoms with van der Waals surface area (Å²) >= 11 is 7.34. The first kappa shape index (κ1) is 34.9. The molecule has 0 bridgehead atoms. The average molecular weight is 752 g/mol. The Kier molecular flexibility index (Phi) is 10.1. The lowest BCUT2D eigenvalue weighted by atomic mass is 10.0. The molecule has 2 N–H and O–H groups in total. The van der Waals surface area contributed by atoms with Gasteiger partial charge in [0.1, 0.15) is 5.69 Å².